The first-order valence-electron chi connectivity index (χ1n) is 8.54. The molecule has 0 radical (unpaired) electrons. The Morgan fingerprint density at radius 1 is 0.963 bits per heavy atom. The Balaban J connectivity index is 1.72. The van der Waals surface area contributed by atoms with Gasteiger partial charge in [-0.25, -0.2) is 0 Å². The number of carbonyl (C=O) groups is 2. The second kappa shape index (κ2) is 9.21. The van der Waals surface area contributed by atoms with Gasteiger partial charge in [-0.05, 0) is 42.2 Å². The highest BCUT2D eigenvalue weighted by atomic mass is 19.4. The Bertz CT molecular complexity index is 759. The Morgan fingerprint density at radius 3 is 2.19 bits per heavy atom. The summed E-state index contributed by atoms with van der Waals surface area (Å²) >= 11 is 0. The molecule has 2 aromatic carbocycles. The molecule has 0 aliphatic heterocycles. The molecule has 1 unspecified atom stereocenters. The molecule has 0 aliphatic carbocycles. The number of amides is 2. The van der Waals surface area contributed by atoms with E-state index < -0.39 is 17.6 Å². The molecule has 0 spiro atoms. The molecule has 0 bridgehead atoms. The van der Waals surface area contributed by atoms with E-state index in [2.05, 4.69) is 17.6 Å². The third-order valence-corrected chi connectivity index (χ3v) is 4.15. The molecule has 2 amide bonds. The van der Waals surface area contributed by atoms with Gasteiger partial charge in [0.25, 0.3) is 5.91 Å². The fourth-order valence-electron chi connectivity index (χ4n) is 2.51. The van der Waals surface area contributed by atoms with Crippen molar-refractivity contribution in [3.05, 3.63) is 71.3 Å². The largest absolute Gasteiger partial charge is 0.416 e. The van der Waals surface area contributed by atoms with Gasteiger partial charge in [-0.3, -0.25) is 9.59 Å². The molecule has 0 fully saturated rings. The number of nitrogens with one attached hydrogen (secondary N) is 2. The molecule has 4 nitrogen and oxygen atoms in total. The molecule has 2 aromatic rings. The number of halogens is 3. The molecule has 0 aromatic heterocycles. The number of benzene rings is 2. The summed E-state index contributed by atoms with van der Waals surface area (Å²) in [7, 11) is 0. The van der Waals surface area contributed by atoms with Crippen molar-refractivity contribution in [3.63, 3.8) is 0 Å². The summed E-state index contributed by atoms with van der Waals surface area (Å²) in [6.07, 6.45) is -3.70. The molecule has 2 rings (SSSR count). The topological polar surface area (TPSA) is 58.2 Å². The van der Waals surface area contributed by atoms with Gasteiger partial charge in [-0.1, -0.05) is 37.3 Å². The third kappa shape index (κ3) is 6.44. The number of hydrogen-bond acceptors (Lipinski definition) is 2. The van der Waals surface area contributed by atoms with E-state index in [1.807, 2.05) is 30.3 Å². The van der Waals surface area contributed by atoms with Crippen LogP contribution in [0.1, 0.15) is 40.7 Å². The molecular weight excluding hydrogens is 357 g/mol. The van der Waals surface area contributed by atoms with Crippen LogP contribution in [0.25, 0.3) is 0 Å². The van der Waals surface area contributed by atoms with Crippen LogP contribution in [-0.2, 0) is 11.0 Å². The monoisotopic (exact) mass is 378 g/mol. The highest BCUT2D eigenvalue weighted by Crippen LogP contribution is 2.29. The lowest BCUT2D eigenvalue weighted by atomic mass is 9.98. The molecule has 0 saturated carbocycles. The fourth-order valence-corrected chi connectivity index (χ4v) is 2.51. The van der Waals surface area contributed by atoms with Gasteiger partial charge in [-0.2, -0.15) is 13.2 Å². The minimum absolute atomic E-state index is 0.0634. The van der Waals surface area contributed by atoms with E-state index in [0.29, 0.717) is 6.54 Å². The number of rotatable bonds is 7. The molecule has 144 valence electrons. The van der Waals surface area contributed by atoms with Crippen molar-refractivity contribution in [2.45, 2.75) is 25.4 Å². The fraction of sp³-hybridized carbons (Fsp3) is 0.300. The molecule has 0 aliphatic rings. The first kappa shape index (κ1) is 20.5. The van der Waals surface area contributed by atoms with Crippen LogP contribution in [0.3, 0.4) is 0 Å². The molecule has 1 atom stereocenters. The molecular formula is C20H21F3N2O2. The zero-order valence-electron chi connectivity index (χ0n) is 14.8. The Labute approximate surface area is 155 Å². The van der Waals surface area contributed by atoms with Crippen LogP contribution in [-0.4, -0.2) is 24.9 Å². The van der Waals surface area contributed by atoms with E-state index in [4.69, 9.17) is 0 Å². The lowest BCUT2D eigenvalue weighted by Crippen LogP contribution is -2.37. The molecule has 7 heteroatoms. The van der Waals surface area contributed by atoms with Gasteiger partial charge in [0.05, 0.1) is 12.1 Å². The first-order chi connectivity index (χ1) is 12.8. The van der Waals surface area contributed by atoms with Crippen molar-refractivity contribution < 1.29 is 22.8 Å². The zero-order chi connectivity index (χ0) is 19.9. The maximum absolute atomic E-state index is 12.5. The van der Waals surface area contributed by atoms with E-state index in [1.165, 1.54) is 5.56 Å². The van der Waals surface area contributed by atoms with Crippen molar-refractivity contribution >= 4 is 11.8 Å². The predicted molar refractivity (Wildman–Crippen MR) is 96.3 cm³/mol. The van der Waals surface area contributed by atoms with Crippen molar-refractivity contribution in [2.75, 3.05) is 13.1 Å². The smallest absolute Gasteiger partial charge is 0.355 e. The number of hydrogen-bond donors (Lipinski definition) is 2. The summed E-state index contributed by atoms with van der Waals surface area (Å²) in [6.45, 7) is 2.29. The average molecular weight is 378 g/mol. The predicted octanol–water partition coefficient (Wildman–Crippen LogP) is 3.75. The van der Waals surface area contributed by atoms with Gasteiger partial charge in [0.1, 0.15) is 0 Å². The van der Waals surface area contributed by atoms with Gasteiger partial charge in [0.15, 0.2) is 0 Å². The zero-order valence-corrected chi connectivity index (χ0v) is 14.8. The number of carbonyl (C=O) groups excluding carboxylic acids is 2. The molecule has 2 N–H and O–H groups in total. The van der Waals surface area contributed by atoms with Gasteiger partial charge < -0.3 is 10.6 Å². The Morgan fingerprint density at radius 2 is 1.59 bits per heavy atom. The van der Waals surface area contributed by atoms with Crippen LogP contribution in [0.15, 0.2) is 54.6 Å². The van der Waals surface area contributed by atoms with Crippen molar-refractivity contribution in [1.82, 2.24) is 10.6 Å². The highest BCUT2D eigenvalue weighted by molar-refractivity contribution is 5.96. The average Bonchev–Trinajstić information content (AvgIpc) is 2.66. The first-order valence-corrected chi connectivity index (χ1v) is 8.54. The van der Waals surface area contributed by atoms with Gasteiger partial charge in [-0.15, -0.1) is 0 Å². The summed E-state index contributed by atoms with van der Waals surface area (Å²) in [5.74, 6) is -0.666. The summed E-state index contributed by atoms with van der Waals surface area (Å²) in [5, 5.41) is 5.11. The highest BCUT2D eigenvalue weighted by Gasteiger charge is 2.30. The Kier molecular flexibility index (Phi) is 6.98. The van der Waals surface area contributed by atoms with E-state index in [0.717, 1.165) is 30.7 Å². The van der Waals surface area contributed by atoms with Crippen LogP contribution in [0.5, 0.6) is 0 Å². The van der Waals surface area contributed by atoms with Crippen molar-refractivity contribution in [1.29, 1.82) is 0 Å². The van der Waals surface area contributed by atoms with E-state index >= 15 is 0 Å². The van der Waals surface area contributed by atoms with E-state index in [1.54, 1.807) is 0 Å². The normalized spacial score (nSPS) is 12.3. The summed E-state index contributed by atoms with van der Waals surface area (Å²) in [6, 6.07) is 13.7. The van der Waals surface area contributed by atoms with Gasteiger partial charge in [0.2, 0.25) is 5.91 Å². The van der Waals surface area contributed by atoms with Crippen LogP contribution in [0.4, 0.5) is 13.2 Å². The van der Waals surface area contributed by atoms with E-state index in [-0.39, 0.29) is 23.9 Å². The van der Waals surface area contributed by atoms with Gasteiger partial charge in [0, 0.05) is 12.1 Å². The minimum atomic E-state index is -4.45. The maximum Gasteiger partial charge on any atom is 0.416 e. The molecule has 0 heterocycles. The lowest BCUT2D eigenvalue weighted by molar-refractivity contribution is -0.137. The van der Waals surface area contributed by atoms with Crippen molar-refractivity contribution in [3.8, 4) is 0 Å². The van der Waals surface area contributed by atoms with Gasteiger partial charge >= 0.3 is 6.18 Å². The van der Waals surface area contributed by atoms with Crippen LogP contribution >= 0.6 is 0 Å². The quantitative estimate of drug-likeness (QED) is 0.771. The summed E-state index contributed by atoms with van der Waals surface area (Å²) < 4.78 is 37.5. The Hall–Kier alpha value is -2.83. The second-order valence-electron chi connectivity index (χ2n) is 6.21. The van der Waals surface area contributed by atoms with Crippen LogP contribution in [0.2, 0.25) is 0 Å². The van der Waals surface area contributed by atoms with E-state index in [9.17, 15) is 22.8 Å². The summed E-state index contributed by atoms with van der Waals surface area (Å²) in [4.78, 5) is 23.7. The van der Waals surface area contributed by atoms with Crippen LogP contribution < -0.4 is 10.6 Å². The lowest BCUT2D eigenvalue weighted by Gasteiger charge is -2.13. The molecule has 27 heavy (non-hydrogen) atoms. The SMILES string of the molecule is CC(CCNC(=O)CNC(=O)c1ccc(C(F)(F)F)cc1)c1ccccc1. The standard InChI is InChI=1S/C20H21F3N2O2/c1-14(15-5-3-2-4-6-15)11-12-24-18(26)13-25-19(27)16-7-9-17(10-8-16)20(21,22)23/h2-10,14H,11-13H2,1H3,(H,24,26)(H,25,27). The third-order valence-electron chi connectivity index (χ3n) is 4.15. The second-order valence-corrected chi connectivity index (χ2v) is 6.21. The summed E-state index contributed by atoms with van der Waals surface area (Å²) in [5.41, 5.74) is 0.417. The molecule has 0 saturated heterocycles. The minimum Gasteiger partial charge on any atom is -0.355 e. The van der Waals surface area contributed by atoms with Crippen LogP contribution in [0, 0.1) is 0 Å². The number of alkyl halides is 3. The van der Waals surface area contributed by atoms with Crippen molar-refractivity contribution in [2.24, 2.45) is 0 Å². The maximum atomic E-state index is 12.5.